The lowest BCUT2D eigenvalue weighted by Gasteiger charge is -1.98. The standard InChI is InChI=1S/C10H18N4OS/c1-3-4-5-6-9-13-14-10(16-9)12-8(15)7-11-2/h11H,3-7H2,1-2H3,(H,12,14,15). The van der Waals surface area contributed by atoms with Gasteiger partial charge >= 0.3 is 0 Å². The monoisotopic (exact) mass is 242 g/mol. The number of likely N-dealkylation sites (N-methyl/N-ethyl adjacent to an activating group) is 1. The second-order valence-corrected chi connectivity index (χ2v) is 4.60. The summed E-state index contributed by atoms with van der Waals surface area (Å²) in [4.78, 5) is 11.2. The minimum atomic E-state index is -0.0845. The van der Waals surface area contributed by atoms with Crippen molar-refractivity contribution in [2.45, 2.75) is 32.6 Å². The van der Waals surface area contributed by atoms with E-state index in [-0.39, 0.29) is 5.91 Å². The van der Waals surface area contributed by atoms with Gasteiger partial charge in [-0.3, -0.25) is 10.1 Å². The maximum Gasteiger partial charge on any atom is 0.240 e. The summed E-state index contributed by atoms with van der Waals surface area (Å²) in [6, 6.07) is 0. The molecule has 0 atom stereocenters. The fourth-order valence-electron chi connectivity index (χ4n) is 1.26. The van der Waals surface area contributed by atoms with E-state index in [0.29, 0.717) is 11.7 Å². The predicted octanol–water partition coefficient (Wildman–Crippen LogP) is 1.43. The fraction of sp³-hybridized carbons (Fsp3) is 0.700. The Bertz CT molecular complexity index is 326. The third kappa shape index (κ3) is 4.67. The van der Waals surface area contributed by atoms with Gasteiger partial charge in [0.1, 0.15) is 5.01 Å². The van der Waals surface area contributed by atoms with Gasteiger partial charge in [0.25, 0.3) is 0 Å². The molecule has 5 nitrogen and oxygen atoms in total. The number of nitrogens with zero attached hydrogens (tertiary/aromatic N) is 2. The van der Waals surface area contributed by atoms with Gasteiger partial charge in [0.15, 0.2) is 0 Å². The zero-order chi connectivity index (χ0) is 11.8. The van der Waals surface area contributed by atoms with E-state index in [1.54, 1.807) is 7.05 Å². The van der Waals surface area contributed by atoms with Crippen LogP contribution < -0.4 is 10.6 Å². The van der Waals surface area contributed by atoms with Gasteiger partial charge in [-0.25, -0.2) is 0 Å². The molecule has 6 heteroatoms. The first-order chi connectivity index (χ1) is 7.76. The minimum absolute atomic E-state index is 0.0845. The number of aryl methyl sites for hydroxylation is 1. The molecule has 16 heavy (non-hydrogen) atoms. The number of rotatable bonds is 7. The number of anilines is 1. The van der Waals surface area contributed by atoms with Gasteiger partial charge in [-0.15, -0.1) is 10.2 Å². The summed E-state index contributed by atoms with van der Waals surface area (Å²) in [6.45, 7) is 2.47. The van der Waals surface area contributed by atoms with Crippen molar-refractivity contribution in [3.63, 3.8) is 0 Å². The summed E-state index contributed by atoms with van der Waals surface area (Å²) in [5.41, 5.74) is 0. The van der Waals surface area contributed by atoms with Crippen molar-refractivity contribution in [2.75, 3.05) is 18.9 Å². The molecule has 0 bridgehead atoms. The Labute approximate surface area is 99.7 Å². The van der Waals surface area contributed by atoms with Crippen molar-refractivity contribution < 1.29 is 4.79 Å². The first-order valence-corrected chi connectivity index (χ1v) is 6.34. The van der Waals surface area contributed by atoms with Crippen molar-refractivity contribution in [3.05, 3.63) is 5.01 Å². The Morgan fingerprint density at radius 2 is 2.19 bits per heavy atom. The number of unbranched alkanes of at least 4 members (excludes halogenated alkanes) is 2. The molecular formula is C10H18N4OS. The first kappa shape index (κ1) is 13.1. The smallest absolute Gasteiger partial charge is 0.240 e. The highest BCUT2D eigenvalue weighted by Crippen LogP contribution is 2.17. The number of aromatic nitrogens is 2. The van der Waals surface area contributed by atoms with E-state index in [1.807, 2.05) is 0 Å². The minimum Gasteiger partial charge on any atom is -0.311 e. The Kier molecular flexibility index (Phi) is 5.95. The summed E-state index contributed by atoms with van der Waals surface area (Å²) < 4.78 is 0. The maximum absolute atomic E-state index is 11.2. The van der Waals surface area contributed by atoms with Crippen LogP contribution in [0.25, 0.3) is 0 Å². The lowest BCUT2D eigenvalue weighted by molar-refractivity contribution is -0.115. The predicted molar refractivity (Wildman–Crippen MR) is 65.7 cm³/mol. The van der Waals surface area contributed by atoms with Crippen molar-refractivity contribution in [1.82, 2.24) is 15.5 Å². The lowest BCUT2D eigenvalue weighted by atomic mass is 10.2. The second-order valence-electron chi connectivity index (χ2n) is 3.54. The van der Waals surface area contributed by atoms with E-state index in [4.69, 9.17) is 0 Å². The van der Waals surface area contributed by atoms with Crippen LogP contribution in [0, 0.1) is 0 Å². The fourth-order valence-corrected chi connectivity index (χ4v) is 2.05. The van der Waals surface area contributed by atoms with Crippen LogP contribution in [0.5, 0.6) is 0 Å². The van der Waals surface area contributed by atoms with E-state index in [2.05, 4.69) is 27.8 Å². The first-order valence-electron chi connectivity index (χ1n) is 5.53. The van der Waals surface area contributed by atoms with E-state index < -0.39 is 0 Å². The SMILES string of the molecule is CCCCCc1nnc(NC(=O)CNC)s1. The highest BCUT2D eigenvalue weighted by molar-refractivity contribution is 7.15. The summed E-state index contributed by atoms with van der Waals surface area (Å²) in [6.07, 6.45) is 4.49. The van der Waals surface area contributed by atoms with E-state index in [0.717, 1.165) is 17.8 Å². The molecule has 1 aromatic rings. The summed E-state index contributed by atoms with van der Waals surface area (Å²) in [7, 11) is 1.73. The molecular weight excluding hydrogens is 224 g/mol. The van der Waals surface area contributed by atoms with E-state index in [9.17, 15) is 4.79 Å². The van der Waals surface area contributed by atoms with Crippen molar-refractivity contribution >= 4 is 22.4 Å². The molecule has 1 amide bonds. The second kappa shape index (κ2) is 7.29. The molecule has 0 saturated carbocycles. The molecule has 1 heterocycles. The molecule has 0 aliphatic carbocycles. The molecule has 0 fully saturated rings. The van der Waals surface area contributed by atoms with Crippen molar-refractivity contribution in [1.29, 1.82) is 0 Å². The van der Waals surface area contributed by atoms with Gasteiger partial charge in [-0.1, -0.05) is 31.1 Å². The number of hydrogen-bond acceptors (Lipinski definition) is 5. The van der Waals surface area contributed by atoms with Crippen molar-refractivity contribution in [3.8, 4) is 0 Å². The van der Waals surface area contributed by atoms with Crippen LogP contribution in [0.15, 0.2) is 0 Å². The van der Waals surface area contributed by atoms with Crippen molar-refractivity contribution in [2.24, 2.45) is 0 Å². The molecule has 1 rings (SSSR count). The average molecular weight is 242 g/mol. The van der Waals surface area contributed by atoms with Crippen LogP contribution >= 0.6 is 11.3 Å². The number of hydrogen-bond donors (Lipinski definition) is 2. The van der Waals surface area contributed by atoms with Gasteiger partial charge in [0.2, 0.25) is 11.0 Å². The van der Waals surface area contributed by atoms with Crippen LogP contribution in [0.1, 0.15) is 31.2 Å². The highest BCUT2D eigenvalue weighted by atomic mass is 32.1. The normalized spacial score (nSPS) is 10.4. The molecule has 0 aliphatic rings. The highest BCUT2D eigenvalue weighted by Gasteiger charge is 2.06. The Morgan fingerprint density at radius 3 is 2.88 bits per heavy atom. The van der Waals surface area contributed by atoms with Gasteiger partial charge in [0, 0.05) is 6.42 Å². The largest absolute Gasteiger partial charge is 0.311 e. The van der Waals surface area contributed by atoms with Crippen LogP contribution in [-0.4, -0.2) is 29.7 Å². The number of carbonyl (C=O) groups is 1. The number of nitrogens with one attached hydrogen (secondary N) is 2. The number of carbonyl (C=O) groups excluding carboxylic acids is 1. The van der Waals surface area contributed by atoms with Crippen LogP contribution in [-0.2, 0) is 11.2 Å². The third-order valence-electron chi connectivity index (χ3n) is 2.04. The molecule has 2 N–H and O–H groups in total. The Hall–Kier alpha value is -1.01. The molecule has 0 unspecified atom stereocenters. The van der Waals surface area contributed by atoms with Gasteiger partial charge in [-0.05, 0) is 13.5 Å². The average Bonchev–Trinajstić information content (AvgIpc) is 2.66. The summed E-state index contributed by atoms with van der Waals surface area (Å²) in [5, 5.41) is 15.0. The van der Waals surface area contributed by atoms with Crippen LogP contribution in [0.4, 0.5) is 5.13 Å². The zero-order valence-electron chi connectivity index (χ0n) is 9.75. The molecule has 0 aromatic carbocycles. The number of amides is 1. The van der Waals surface area contributed by atoms with E-state index in [1.165, 1.54) is 24.2 Å². The molecule has 0 aliphatic heterocycles. The Balaban J connectivity index is 2.36. The van der Waals surface area contributed by atoms with E-state index >= 15 is 0 Å². The third-order valence-corrected chi connectivity index (χ3v) is 2.94. The Morgan fingerprint density at radius 1 is 1.38 bits per heavy atom. The zero-order valence-corrected chi connectivity index (χ0v) is 10.6. The lowest BCUT2D eigenvalue weighted by Crippen LogP contribution is -2.24. The summed E-state index contributed by atoms with van der Waals surface area (Å²) >= 11 is 1.46. The van der Waals surface area contributed by atoms with Gasteiger partial charge in [-0.2, -0.15) is 0 Å². The molecule has 1 aromatic heterocycles. The molecule has 90 valence electrons. The summed E-state index contributed by atoms with van der Waals surface area (Å²) in [5.74, 6) is -0.0845. The van der Waals surface area contributed by atoms with Gasteiger partial charge < -0.3 is 5.32 Å². The topological polar surface area (TPSA) is 66.9 Å². The molecule has 0 radical (unpaired) electrons. The van der Waals surface area contributed by atoms with Gasteiger partial charge in [0.05, 0.1) is 6.54 Å². The van der Waals surface area contributed by atoms with Crippen LogP contribution in [0.3, 0.4) is 0 Å². The molecule has 0 saturated heterocycles. The molecule has 0 spiro atoms. The quantitative estimate of drug-likeness (QED) is 0.710. The van der Waals surface area contributed by atoms with Crippen LogP contribution in [0.2, 0.25) is 0 Å². The maximum atomic E-state index is 11.2.